The van der Waals surface area contributed by atoms with E-state index in [1.54, 1.807) is 13.0 Å². The summed E-state index contributed by atoms with van der Waals surface area (Å²) in [6.45, 7) is 5.77. The zero-order valence-corrected chi connectivity index (χ0v) is 9.42. The molecule has 1 aromatic heterocycles. The van der Waals surface area contributed by atoms with Gasteiger partial charge in [-0.05, 0) is 32.3 Å². The van der Waals surface area contributed by atoms with Crippen LogP contribution in [0.4, 0.5) is 0 Å². The molecule has 1 rings (SSSR count). The molecule has 0 aliphatic carbocycles. The van der Waals surface area contributed by atoms with Gasteiger partial charge in [0.25, 0.3) is 5.56 Å². The van der Waals surface area contributed by atoms with Crippen LogP contribution in [0.2, 0.25) is 0 Å². The summed E-state index contributed by atoms with van der Waals surface area (Å²) < 4.78 is 0. The average Bonchev–Trinajstić information content (AvgIpc) is 2.14. The monoisotopic (exact) mass is 207 g/mol. The van der Waals surface area contributed by atoms with Crippen LogP contribution >= 0.6 is 0 Å². The van der Waals surface area contributed by atoms with E-state index in [1.165, 1.54) is 0 Å². The molecule has 0 spiro atoms. The lowest BCUT2D eigenvalue weighted by molar-refractivity contribution is 0.657. The summed E-state index contributed by atoms with van der Waals surface area (Å²) in [5.74, 6) is 0.280. The Morgan fingerprint density at radius 3 is 2.87 bits per heavy atom. The van der Waals surface area contributed by atoms with E-state index in [0.29, 0.717) is 5.71 Å². The van der Waals surface area contributed by atoms with E-state index in [9.17, 15) is 4.79 Å². The smallest absolute Gasteiger partial charge is 0.264 e. The highest BCUT2D eigenvalue weighted by atomic mass is 16.1. The number of rotatable bonds is 4. The number of aromatic amines is 1. The second kappa shape index (κ2) is 4.87. The van der Waals surface area contributed by atoms with Crippen LogP contribution in [0.15, 0.2) is 10.9 Å². The van der Waals surface area contributed by atoms with Crippen LogP contribution in [0.25, 0.3) is 0 Å². The topological polar surface area (TPSA) is 69.6 Å². The van der Waals surface area contributed by atoms with Crippen LogP contribution < -0.4 is 5.56 Å². The van der Waals surface area contributed by atoms with Crippen LogP contribution in [0.5, 0.6) is 0 Å². The molecule has 2 N–H and O–H groups in total. The highest BCUT2D eigenvalue weighted by Crippen LogP contribution is 2.20. The molecule has 0 amide bonds. The molecule has 0 radical (unpaired) electrons. The lowest BCUT2D eigenvalue weighted by atomic mass is 9.97. The predicted octanol–water partition coefficient (Wildman–Crippen LogP) is 2.00. The van der Waals surface area contributed by atoms with Crippen molar-refractivity contribution in [3.8, 4) is 0 Å². The highest BCUT2D eigenvalue weighted by Gasteiger charge is 2.10. The van der Waals surface area contributed by atoms with Gasteiger partial charge in [0.15, 0.2) is 0 Å². The normalized spacial score (nSPS) is 12.5. The lowest BCUT2D eigenvalue weighted by Gasteiger charge is -2.11. The van der Waals surface area contributed by atoms with Crippen LogP contribution in [-0.4, -0.2) is 15.9 Å². The van der Waals surface area contributed by atoms with Gasteiger partial charge in [-0.15, -0.1) is 0 Å². The molecular weight excluding hydrogens is 190 g/mol. The van der Waals surface area contributed by atoms with Gasteiger partial charge in [0, 0.05) is 17.7 Å². The van der Waals surface area contributed by atoms with Crippen molar-refractivity contribution in [2.45, 2.75) is 39.5 Å². The van der Waals surface area contributed by atoms with E-state index >= 15 is 0 Å². The minimum absolute atomic E-state index is 0.160. The molecule has 0 fully saturated rings. The van der Waals surface area contributed by atoms with Crippen molar-refractivity contribution >= 4 is 5.71 Å². The standard InChI is InChI=1S/C11H17N3O/c1-7(4-5-9(3)12)11-8(2)6-10(15)13-14-11/h6-7,12H,4-5H2,1-3H3,(H,13,15). The first-order valence-electron chi connectivity index (χ1n) is 5.11. The average molecular weight is 207 g/mol. The number of hydrogen-bond acceptors (Lipinski definition) is 3. The van der Waals surface area contributed by atoms with Gasteiger partial charge in [-0.2, -0.15) is 5.10 Å². The third-order valence-corrected chi connectivity index (χ3v) is 2.46. The second-order valence-corrected chi connectivity index (χ2v) is 4.02. The van der Waals surface area contributed by atoms with Crippen molar-refractivity contribution in [1.29, 1.82) is 5.41 Å². The second-order valence-electron chi connectivity index (χ2n) is 4.02. The summed E-state index contributed by atoms with van der Waals surface area (Å²) in [7, 11) is 0. The van der Waals surface area contributed by atoms with Crippen molar-refractivity contribution < 1.29 is 0 Å². The van der Waals surface area contributed by atoms with Gasteiger partial charge in [0.2, 0.25) is 0 Å². The molecule has 1 heterocycles. The molecule has 15 heavy (non-hydrogen) atoms. The van der Waals surface area contributed by atoms with Gasteiger partial charge in [0.1, 0.15) is 0 Å². The van der Waals surface area contributed by atoms with E-state index in [0.717, 1.165) is 24.1 Å². The predicted molar refractivity (Wildman–Crippen MR) is 60.6 cm³/mol. The molecule has 1 unspecified atom stereocenters. The molecule has 0 aliphatic rings. The summed E-state index contributed by atoms with van der Waals surface area (Å²) in [5.41, 5.74) is 2.38. The van der Waals surface area contributed by atoms with Crippen molar-refractivity contribution in [2.24, 2.45) is 0 Å². The summed E-state index contributed by atoms with van der Waals surface area (Å²) >= 11 is 0. The SMILES string of the molecule is CC(=N)CCC(C)c1n[nH]c(=O)cc1C. The van der Waals surface area contributed by atoms with Gasteiger partial charge < -0.3 is 5.41 Å². The zero-order valence-electron chi connectivity index (χ0n) is 9.42. The molecule has 1 atom stereocenters. The molecule has 1 aromatic rings. The maximum Gasteiger partial charge on any atom is 0.264 e. The first-order chi connectivity index (χ1) is 7.00. The maximum absolute atomic E-state index is 11.0. The van der Waals surface area contributed by atoms with Crippen molar-refractivity contribution in [3.63, 3.8) is 0 Å². The fraction of sp³-hybridized carbons (Fsp3) is 0.545. The maximum atomic E-state index is 11.0. The number of aromatic nitrogens is 2. The largest absolute Gasteiger partial charge is 0.310 e. The molecule has 0 aliphatic heterocycles. The van der Waals surface area contributed by atoms with Gasteiger partial charge in [0.05, 0.1) is 5.69 Å². The molecule has 0 aromatic carbocycles. The fourth-order valence-corrected chi connectivity index (χ4v) is 1.57. The van der Waals surface area contributed by atoms with Gasteiger partial charge >= 0.3 is 0 Å². The minimum Gasteiger partial charge on any atom is -0.310 e. The van der Waals surface area contributed by atoms with Crippen molar-refractivity contribution in [1.82, 2.24) is 10.2 Å². The van der Waals surface area contributed by atoms with Crippen LogP contribution in [0.1, 0.15) is 43.9 Å². The fourth-order valence-electron chi connectivity index (χ4n) is 1.57. The first kappa shape index (κ1) is 11.6. The number of H-pyrrole nitrogens is 1. The van der Waals surface area contributed by atoms with Gasteiger partial charge in [-0.25, -0.2) is 5.10 Å². The molecule has 0 saturated heterocycles. The number of nitrogens with one attached hydrogen (secondary N) is 2. The number of nitrogens with zero attached hydrogens (tertiary/aromatic N) is 1. The van der Waals surface area contributed by atoms with Crippen molar-refractivity contribution in [2.75, 3.05) is 0 Å². The molecule has 0 saturated carbocycles. The number of aryl methyl sites for hydroxylation is 1. The van der Waals surface area contributed by atoms with E-state index in [2.05, 4.69) is 17.1 Å². The molecule has 4 nitrogen and oxygen atoms in total. The van der Waals surface area contributed by atoms with Gasteiger partial charge in [-0.1, -0.05) is 6.92 Å². The molecular formula is C11H17N3O. The quantitative estimate of drug-likeness (QED) is 0.741. The Morgan fingerprint density at radius 1 is 1.67 bits per heavy atom. The third kappa shape index (κ3) is 3.31. The van der Waals surface area contributed by atoms with Gasteiger partial charge in [-0.3, -0.25) is 4.79 Å². The third-order valence-electron chi connectivity index (χ3n) is 2.46. The first-order valence-corrected chi connectivity index (χ1v) is 5.11. The zero-order chi connectivity index (χ0) is 11.4. The Kier molecular flexibility index (Phi) is 3.77. The number of hydrogen-bond donors (Lipinski definition) is 2. The lowest BCUT2D eigenvalue weighted by Crippen LogP contribution is -2.12. The molecule has 82 valence electrons. The Labute approximate surface area is 89.2 Å². The van der Waals surface area contributed by atoms with E-state index in [4.69, 9.17) is 5.41 Å². The minimum atomic E-state index is -0.160. The van der Waals surface area contributed by atoms with Crippen LogP contribution in [0, 0.1) is 12.3 Å². The van der Waals surface area contributed by atoms with E-state index in [1.807, 2.05) is 6.92 Å². The summed E-state index contributed by atoms with van der Waals surface area (Å²) in [6, 6.07) is 1.57. The summed E-state index contributed by atoms with van der Waals surface area (Å²) in [5, 5.41) is 13.9. The Balaban J connectivity index is 2.77. The Morgan fingerprint density at radius 2 is 2.33 bits per heavy atom. The van der Waals surface area contributed by atoms with E-state index in [-0.39, 0.29) is 11.5 Å². The summed E-state index contributed by atoms with van der Waals surface area (Å²) in [6.07, 6.45) is 1.68. The van der Waals surface area contributed by atoms with Crippen LogP contribution in [-0.2, 0) is 0 Å². The Bertz CT molecular complexity index is 409. The van der Waals surface area contributed by atoms with Crippen LogP contribution in [0.3, 0.4) is 0 Å². The molecule has 0 bridgehead atoms. The highest BCUT2D eigenvalue weighted by molar-refractivity contribution is 5.78. The summed E-state index contributed by atoms with van der Waals surface area (Å²) in [4.78, 5) is 11.0. The Hall–Kier alpha value is -1.45. The molecule has 4 heteroatoms. The van der Waals surface area contributed by atoms with E-state index < -0.39 is 0 Å². The van der Waals surface area contributed by atoms with Crippen molar-refractivity contribution in [3.05, 3.63) is 27.7 Å².